The van der Waals surface area contributed by atoms with Crippen LogP contribution in [0.25, 0.3) is 11.0 Å². The smallest absolute Gasteiger partial charge is 0.303 e. The van der Waals surface area contributed by atoms with Gasteiger partial charge in [0.05, 0.1) is 5.52 Å². The largest absolute Gasteiger partial charge is 0.456 e. The van der Waals surface area contributed by atoms with Crippen LogP contribution >= 0.6 is 0 Å². The minimum atomic E-state index is -0.502. The summed E-state index contributed by atoms with van der Waals surface area (Å²) in [5, 5.41) is 7.52. The quantitative estimate of drug-likeness (QED) is 0.693. The number of ether oxygens (including phenoxy) is 1. The number of para-hydroxylation sites is 1. The number of hydrogen-bond acceptors (Lipinski definition) is 5. The molecule has 82 valence electrons. The summed E-state index contributed by atoms with van der Waals surface area (Å²) in [4.78, 5) is 22.2. The van der Waals surface area contributed by atoms with Crippen molar-refractivity contribution in [2.45, 2.75) is 6.92 Å². The van der Waals surface area contributed by atoms with E-state index in [1.54, 1.807) is 24.3 Å². The number of nitrogens with zero attached hydrogens (tertiary/aromatic N) is 3. The number of fused-ring (bicyclic) bond motifs is 1. The third-order valence-corrected chi connectivity index (χ3v) is 1.99. The zero-order valence-electron chi connectivity index (χ0n) is 8.58. The van der Waals surface area contributed by atoms with Gasteiger partial charge in [-0.3, -0.25) is 9.59 Å². The molecule has 0 spiro atoms. The molecule has 0 unspecified atom stereocenters. The van der Waals surface area contributed by atoms with Gasteiger partial charge in [0.25, 0.3) is 5.91 Å². The van der Waals surface area contributed by atoms with Gasteiger partial charge < -0.3 is 4.74 Å². The molecule has 2 rings (SSSR count). The highest BCUT2D eigenvalue weighted by molar-refractivity contribution is 5.90. The molecule has 1 aromatic heterocycles. The maximum Gasteiger partial charge on any atom is 0.303 e. The lowest BCUT2D eigenvalue weighted by Crippen LogP contribution is -2.20. The van der Waals surface area contributed by atoms with E-state index in [1.165, 1.54) is 6.92 Å². The molecule has 1 heterocycles. The zero-order valence-corrected chi connectivity index (χ0v) is 8.58. The molecule has 0 radical (unpaired) electrons. The monoisotopic (exact) mass is 219 g/mol. The van der Waals surface area contributed by atoms with Crippen LogP contribution < -0.4 is 0 Å². The highest BCUT2D eigenvalue weighted by Gasteiger charge is 2.12. The van der Waals surface area contributed by atoms with Gasteiger partial charge in [0.1, 0.15) is 5.52 Å². The molecule has 0 N–H and O–H groups in total. The molecule has 6 nitrogen and oxygen atoms in total. The third kappa shape index (κ3) is 1.90. The summed E-state index contributed by atoms with van der Waals surface area (Å²) < 4.78 is 5.72. The highest BCUT2D eigenvalue weighted by atomic mass is 16.5. The number of benzene rings is 1. The standard InChI is InChI=1S/C10H9N3O3/c1-7(14)16-6-10(15)13-9-5-3-2-4-8(9)11-12-13/h2-5H,6H2,1H3. The number of rotatable bonds is 2. The molecule has 1 aromatic carbocycles. The average Bonchev–Trinajstić information content (AvgIpc) is 2.69. The molecule has 16 heavy (non-hydrogen) atoms. The Hall–Kier alpha value is -2.24. The summed E-state index contributed by atoms with van der Waals surface area (Å²) in [6, 6.07) is 7.05. The lowest BCUT2D eigenvalue weighted by molar-refractivity contribution is -0.139. The van der Waals surface area contributed by atoms with E-state index in [2.05, 4.69) is 15.0 Å². The molecule has 0 bridgehead atoms. The van der Waals surface area contributed by atoms with E-state index in [0.717, 1.165) is 4.68 Å². The molecule has 0 atom stereocenters. The van der Waals surface area contributed by atoms with Crippen molar-refractivity contribution in [3.63, 3.8) is 0 Å². The Balaban J connectivity index is 2.26. The van der Waals surface area contributed by atoms with Crippen molar-refractivity contribution >= 4 is 22.9 Å². The Morgan fingerprint density at radius 3 is 2.88 bits per heavy atom. The molecule has 6 heteroatoms. The lowest BCUT2D eigenvalue weighted by Gasteiger charge is -2.00. The SMILES string of the molecule is CC(=O)OCC(=O)n1nnc2ccccc21. The first-order valence-corrected chi connectivity index (χ1v) is 4.65. The van der Waals surface area contributed by atoms with Crippen molar-refractivity contribution < 1.29 is 14.3 Å². The van der Waals surface area contributed by atoms with Gasteiger partial charge in [0.15, 0.2) is 6.61 Å². The third-order valence-electron chi connectivity index (χ3n) is 1.99. The number of hydrogen-bond donors (Lipinski definition) is 0. The first-order valence-electron chi connectivity index (χ1n) is 4.65. The summed E-state index contributed by atoms with van der Waals surface area (Å²) in [5.41, 5.74) is 1.22. The molecule has 2 aromatic rings. The van der Waals surface area contributed by atoms with Gasteiger partial charge in [-0.2, -0.15) is 4.68 Å². The predicted molar refractivity (Wildman–Crippen MR) is 54.8 cm³/mol. The van der Waals surface area contributed by atoms with Gasteiger partial charge in [-0.15, -0.1) is 5.10 Å². The second kappa shape index (κ2) is 4.09. The van der Waals surface area contributed by atoms with Gasteiger partial charge in [-0.1, -0.05) is 17.3 Å². The van der Waals surface area contributed by atoms with Crippen molar-refractivity contribution in [2.24, 2.45) is 0 Å². The second-order valence-corrected chi connectivity index (χ2v) is 3.16. The molecule has 0 saturated carbocycles. The summed E-state index contributed by atoms with van der Waals surface area (Å²) >= 11 is 0. The number of carbonyl (C=O) groups excluding carboxylic acids is 2. The van der Waals surface area contributed by atoms with Crippen LogP contribution in [0.1, 0.15) is 11.7 Å². The van der Waals surface area contributed by atoms with Crippen LogP contribution in [0.2, 0.25) is 0 Å². The number of carbonyl (C=O) groups is 2. The Morgan fingerprint density at radius 2 is 2.12 bits per heavy atom. The minimum Gasteiger partial charge on any atom is -0.456 e. The first kappa shape index (κ1) is 10.3. The van der Waals surface area contributed by atoms with E-state index in [1.807, 2.05) is 0 Å². The fraction of sp³-hybridized carbons (Fsp3) is 0.200. The van der Waals surface area contributed by atoms with Crippen molar-refractivity contribution in [3.05, 3.63) is 24.3 Å². The normalized spacial score (nSPS) is 10.3. The van der Waals surface area contributed by atoms with Crippen molar-refractivity contribution in [1.82, 2.24) is 15.0 Å². The van der Waals surface area contributed by atoms with Crippen LogP contribution in [0, 0.1) is 0 Å². The lowest BCUT2D eigenvalue weighted by atomic mass is 10.3. The van der Waals surface area contributed by atoms with Crippen LogP contribution in [0.4, 0.5) is 0 Å². The Bertz CT molecular complexity index is 547. The van der Waals surface area contributed by atoms with E-state index in [0.29, 0.717) is 11.0 Å². The summed E-state index contributed by atoms with van der Waals surface area (Å²) in [6.07, 6.45) is 0. The van der Waals surface area contributed by atoms with E-state index in [9.17, 15) is 9.59 Å². The summed E-state index contributed by atoms with van der Waals surface area (Å²) in [5.74, 6) is -0.929. The predicted octanol–water partition coefficient (Wildman–Crippen LogP) is 0.635. The molecular formula is C10H9N3O3. The van der Waals surface area contributed by atoms with Crippen molar-refractivity contribution in [2.75, 3.05) is 6.61 Å². The van der Waals surface area contributed by atoms with Crippen molar-refractivity contribution in [3.8, 4) is 0 Å². The maximum atomic E-state index is 11.6. The zero-order chi connectivity index (χ0) is 11.5. The Labute approximate surface area is 90.8 Å². The molecule has 0 aliphatic rings. The summed E-state index contributed by atoms with van der Waals surface area (Å²) in [7, 11) is 0. The fourth-order valence-corrected chi connectivity index (χ4v) is 1.28. The topological polar surface area (TPSA) is 74.1 Å². The molecule has 0 aliphatic heterocycles. The molecule has 0 saturated heterocycles. The van der Waals surface area contributed by atoms with E-state index >= 15 is 0 Å². The molecule has 0 fully saturated rings. The second-order valence-electron chi connectivity index (χ2n) is 3.16. The first-order chi connectivity index (χ1) is 7.68. The number of aromatic nitrogens is 3. The van der Waals surface area contributed by atoms with E-state index in [4.69, 9.17) is 0 Å². The van der Waals surface area contributed by atoms with Gasteiger partial charge in [-0.05, 0) is 12.1 Å². The summed E-state index contributed by atoms with van der Waals surface area (Å²) in [6.45, 7) is 0.912. The maximum absolute atomic E-state index is 11.6. The Kier molecular flexibility index (Phi) is 2.63. The van der Waals surface area contributed by atoms with Crippen LogP contribution in [-0.2, 0) is 9.53 Å². The van der Waals surface area contributed by atoms with Gasteiger partial charge >= 0.3 is 5.97 Å². The van der Waals surface area contributed by atoms with Gasteiger partial charge in [-0.25, -0.2) is 0 Å². The molecule has 0 aliphatic carbocycles. The fourth-order valence-electron chi connectivity index (χ4n) is 1.28. The highest BCUT2D eigenvalue weighted by Crippen LogP contribution is 2.09. The van der Waals surface area contributed by atoms with Crippen LogP contribution in [-0.4, -0.2) is 33.5 Å². The van der Waals surface area contributed by atoms with Crippen LogP contribution in [0.15, 0.2) is 24.3 Å². The van der Waals surface area contributed by atoms with Crippen LogP contribution in [0.5, 0.6) is 0 Å². The molecule has 0 amide bonds. The van der Waals surface area contributed by atoms with E-state index < -0.39 is 11.9 Å². The number of esters is 1. The van der Waals surface area contributed by atoms with Crippen LogP contribution in [0.3, 0.4) is 0 Å². The van der Waals surface area contributed by atoms with E-state index in [-0.39, 0.29) is 6.61 Å². The minimum absolute atomic E-state index is 0.331. The average molecular weight is 219 g/mol. The van der Waals surface area contributed by atoms with Gasteiger partial charge in [0.2, 0.25) is 0 Å². The molecular weight excluding hydrogens is 210 g/mol. The van der Waals surface area contributed by atoms with Crippen molar-refractivity contribution in [1.29, 1.82) is 0 Å². The van der Waals surface area contributed by atoms with Gasteiger partial charge in [0, 0.05) is 6.92 Å². The Morgan fingerprint density at radius 1 is 1.38 bits per heavy atom.